The van der Waals surface area contributed by atoms with E-state index in [2.05, 4.69) is 4.98 Å². The maximum absolute atomic E-state index is 10.9. The van der Waals surface area contributed by atoms with Gasteiger partial charge in [-0.15, -0.1) is 0 Å². The fraction of sp³-hybridized carbons (Fsp3) is 0.100. The maximum atomic E-state index is 10.9. The molecule has 1 aromatic carbocycles. The van der Waals surface area contributed by atoms with Gasteiger partial charge < -0.3 is 4.74 Å². The second-order valence-corrected chi connectivity index (χ2v) is 3.24. The third kappa shape index (κ3) is 1.77. The lowest BCUT2D eigenvalue weighted by atomic mass is 10.1. The van der Waals surface area contributed by atoms with E-state index in [0.29, 0.717) is 16.5 Å². The van der Waals surface area contributed by atoms with Crippen molar-refractivity contribution in [1.29, 1.82) is 0 Å². The molecule has 0 spiro atoms. The van der Waals surface area contributed by atoms with Gasteiger partial charge >= 0.3 is 0 Å². The maximum Gasteiger partial charge on any atom is 0.281 e. The smallest absolute Gasteiger partial charge is 0.281 e. The number of ether oxygens (including phenoxy) is 1. The molecule has 5 nitrogen and oxygen atoms in total. The number of aromatic nitrogens is 1. The summed E-state index contributed by atoms with van der Waals surface area (Å²) in [7, 11) is 0. The highest BCUT2D eigenvalue weighted by molar-refractivity contribution is 6.17. The molecule has 2 rings (SSSR count). The summed E-state index contributed by atoms with van der Waals surface area (Å²) in [6.07, 6.45) is 2.96. The van der Waals surface area contributed by atoms with Gasteiger partial charge in [0.2, 0.25) is 0 Å². The Balaban J connectivity index is 2.76. The molecule has 0 fully saturated rings. The summed E-state index contributed by atoms with van der Waals surface area (Å²) < 4.78 is 5.11. The van der Waals surface area contributed by atoms with Gasteiger partial charge in [0, 0.05) is 17.6 Å². The predicted molar refractivity (Wildman–Crippen MR) is 59.7 cm³/mol. The first-order valence-corrected chi connectivity index (χ1v) is 4.97. The molecule has 0 radical (unpaired) electrons. The first-order valence-electron chi connectivity index (χ1n) is 4.44. The zero-order chi connectivity index (χ0) is 11.5. The van der Waals surface area contributed by atoms with E-state index in [0.717, 1.165) is 0 Å². The Kier molecular flexibility index (Phi) is 2.87. The van der Waals surface area contributed by atoms with Crippen LogP contribution in [0.3, 0.4) is 0 Å². The lowest BCUT2D eigenvalue weighted by molar-refractivity contribution is -0.383. The van der Waals surface area contributed by atoms with Crippen LogP contribution in [0.15, 0.2) is 30.6 Å². The van der Waals surface area contributed by atoms with E-state index >= 15 is 0 Å². The van der Waals surface area contributed by atoms with Crippen LogP contribution in [0.2, 0.25) is 0 Å². The molecule has 82 valence electrons. The van der Waals surface area contributed by atoms with Gasteiger partial charge in [0.1, 0.15) is 5.39 Å². The van der Waals surface area contributed by atoms with Crippen LogP contribution in [0.1, 0.15) is 0 Å². The number of benzene rings is 1. The Hall–Kier alpha value is -1.88. The molecule has 0 aliphatic carbocycles. The average Bonchev–Trinajstić information content (AvgIpc) is 2.29. The van der Waals surface area contributed by atoms with Crippen LogP contribution in [-0.2, 0) is 0 Å². The van der Waals surface area contributed by atoms with Crippen LogP contribution in [-0.4, -0.2) is 16.0 Å². The van der Waals surface area contributed by atoms with Crippen LogP contribution < -0.4 is 4.74 Å². The van der Waals surface area contributed by atoms with Crippen molar-refractivity contribution in [2.24, 2.45) is 0 Å². The second-order valence-electron chi connectivity index (χ2n) is 3.02. The van der Waals surface area contributed by atoms with Crippen molar-refractivity contribution in [3.63, 3.8) is 0 Å². The Morgan fingerprint density at radius 3 is 2.94 bits per heavy atom. The monoisotopic (exact) mass is 238 g/mol. The molecule has 0 N–H and O–H groups in total. The molecule has 1 heterocycles. The molecule has 1 aromatic heterocycles. The van der Waals surface area contributed by atoms with Gasteiger partial charge in [-0.2, -0.15) is 0 Å². The second kappa shape index (κ2) is 4.32. The summed E-state index contributed by atoms with van der Waals surface area (Å²) in [5.41, 5.74) is -0.0139. The van der Waals surface area contributed by atoms with E-state index in [1.54, 1.807) is 18.3 Å². The van der Waals surface area contributed by atoms with E-state index in [4.69, 9.17) is 16.3 Å². The van der Waals surface area contributed by atoms with E-state index in [1.807, 2.05) is 0 Å². The summed E-state index contributed by atoms with van der Waals surface area (Å²) in [6, 6.07) is 4.68. The summed E-state index contributed by atoms with van der Waals surface area (Å²) in [4.78, 5) is 14.3. The Morgan fingerprint density at radius 1 is 1.44 bits per heavy atom. The van der Waals surface area contributed by atoms with Crippen LogP contribution in [0.5, 0.6) is 5.75 Å². The van der Waals surface area contributed by atoms with Crippen molar-refractivity contribution in [1.82, 2.24) is 4.98 Å². The number of nitrogens with zero attached hydrogens (tertiary/aromatic N) is 2. The minimum atomic E-state index is -0.455. The quantitative estimate of drug-likeness (QED) is 0.468. The fourth-order valence-electron chi connectivity index (χ4n) is 1.50. The molecule has 0 saturated carbocycles. The molecule has 16 heavy (non-hydrogen) atoms. The van der Waals surface area contributed by atoms with E-state index < -0.39 is 4.92 Å². The summed E-state index contributed by atoms with van der Waals surface area (Å²) in [6.45, 7) is 0. The van der Waals surface area contributed by atoms with E-state index in [9.17, 15) is 10.1 Å². The first kappa shape index (κ1) is 10.6. The number of fused-ring (bicyclic) bond motifs is 1. The van der Waals surface area contributed by atoms with Crippen molar-refractivity contribution in [2.75, 3.05) is 6.07 Å². The molecule has 0 atom stereocenters. The number of rotatable bonds is 3. The van der Waals surface area contributed by atoms with Crippen molar-refractivity contribution in [3.05, 3.63) is 40.7 Å². The number of alkyl halides is 1. The molecule has 6 heteroatoms. The molecule has 0 unspecified atom stereocenters. The zero-order valence-corrected chi connectivity index (χ0v) is 8.85. The molecule has 2 aromatic rings. The summed E-state index contributed by atoms with van der Waals surface area (Å²) >= 11 is 5.45. The normalized spacial score (nSPS) is 10.3. The lowest BCUT2D eigenvalue weighted by Crippen LogP contribution is -1.95. The number of pyridine rings is 1. The first-order chi connectivity index (χ1) is 7.74. The largest absolute Gasteiger partial charge is 0.475 e. The van der Waals surface area contributed by atoms with Crippen molar-refractivity contribution < 1.29 is 9.66 Å². The standard InChI is InChI=1S/C10H7ClN2O3/c11-6-16-9-5-12-4-7-2-1-3-8(10(7)9)13(14)15/h1-5H,6H2. The molecular weight excluding hydrogens is 232 g/mol. The highest BCUT2D eigenvalue weighted by atomic mass is 35.5. The number of nitro benzene ring substituents is 1. The van der Waals surface area contributed by atoms with Gasteiger partial charge in [-0.1, -0.05) is 23.7 Å². The van der Waals surface area contributed by atoms with Crippen molar-refractivity contribution in [3.8, 4) is 5.75 Å². The third-order valence-corrected chi connectivity index (χ3v) is 2.24. The minimum absolute atomic E-state index is 0.0139. The van der Waals surface area contributed by atoms with Crippen LogP contribution in [0, 0.1) is 10.1 Å². The Labute approximate surface area is 95.8 Å². The molecule has 0 bridgehead atoms. The number of hydrogen-bond donors (Lipinski definition) is 0. The van der Waals surface area contributed by atoms with Gasteiger partial charge in [0.25, 0.3) is 5.69 Å². The number of hydrogen-bond acceptors (Lipinski definition) is 4. The van der Waals surface area contributed by atoms with Crippen LogP contribution in [0.25, 0.3) is 10.8 Å². The number of nitro groups is 1. The number of halogens is 1. The molecule has 0 saturated heterocycles. The van der Waals surface area contributed by atoms with Gasteiger partial charge in [0.15, 0.2) is 11.8 Å². The number of non-ortho nitro benzene ring substituents is 1. The predicted octanol–water partition coefficient (Wildman–Crippen LogP) is 2.72. The van der Waals surface area contributed by atoms with Gasteiger partial charge in [-0.25, -0.2) is 0 Å². The fourth-order valence-corrected chi connectivity index (χ4v) is 1.62. The van der Waals surface area contributed by atoms with Crippen LogP contribution >= 0.6 is 11.6 Å². The van der Waals surface area contributed by atoms with Crippen LogP contribution in [0.4, 0.5) is 5.69 Å². The summed E-state index contributed by atoms with van der Waals surface area (Å²) in [5, 5.41) is 11.9. The highest BCUT2D eigenvalue weighted by Gasteiger charge is 2.15. The van der Waals surface area contributed by atoms with Gasteiger partial charge in [-0.05, 0) is 0 Å². The van der Waals surface area contributed by atoms with Gasteiger partial charge in [-0.3, -0.25) is 15.1 Å². The van der Waals surface area contributed by atoms with Crippen molar-refractivity contribution in [2.45, 2.75) is 0 Å². The highest BCUT2D eigenvalue weighted by Crippen LogP contribution is 2.32. The Bertz CT molecular complexity index is 539. The lowest BCUT2D eigenvalue weighted by Gasteiger charge is -2.05. The van der Waals surface area contributed by atoms with Gasteiger partial charge in [0.05, 0.1) is 11.1 Å². The van der Waals surface area contributed by atoms with Crippen molar-refractivity contribution >= 4 is 28.1 Å². The zero-order valence-electron chi connectivity index (χ0n) is 8.09. The molecular formula is C10H7ClN2O3. The minimum Gasteiger partial charge on any atom is -0.475 e. The Morgan fingerprint density at radius 2 is 2.25 bits per heavy atom. The topological polar surface area (TPSA) is 65.3 Å². The van der Waals surface area contributed by atoms with E-state index in [-0.39, 0.29) is 11.8 Å². The molecule has 0 aliphatic rings. The molecule has 0 amide bonds. The summed E-state index contributed by atoms with van der Waals surface area (Å²) in [5.74, 6) is 0.319. The van der Waals surface area contributed by atoms with E-state index in [1.165, 1.54) is 12.3 Å². The SMILES string of the molecule is O=[N+]([O-])c1cccc2cncc(OCCl)c12. The molecule has 0 aliphatic heterocycles. The average molecular weight is 239 g/mol. The third-order valence-electron chi connectivity index (χ3n) is 2.13.